The number of anilines is 1. The molecule has 0 radical (unpaired) electrons. The maximum atomic E-state index is 13.4. The Morgan fingerprint density at radius 1 is 1.07 bits per heavy atom. The largest absolute Gasteiger partial charge is 0.345 e. The monoisotopic (exact) mass is 379 g/mol. The first-order chi connectivity index (χ1) is 13.7. The van der Waals surface area contributed by atoms with E-state index in [2.05, 4.69) is 28.9 Å². The maximum Gasteiger partial charge on any atom is 0.322 e. The highest BCUT2D eigenvalue weighted by Crippen LogP contribution is 2.14. The van der Waals surface area contributed by atoms with Gasteiger partial charge in [0.05, 0.1) is 6.54 Å². The van der Waals surface area contributed by atoms with Crippen LogP contribution in [-0.2, 0) is 13.1 Å². The van der Waals surface area contributed by atoms with Gasteiger partial charge in [-0.15, -0.1) is 0 Å². The molecule has 3 aromatic rings. The quantitative estimate of drug-likeness (QED) is 0.550. The molecule has 1 N–H and O–H groups in total. The lowest BCUT2D eigenvalue weighted by atomic mass is 10.2. The van der Waals surface area contributed by atoms with Crippen molar-refractivity contribution in [3.63, 3.8) is 0 Å². The van der Waals surface area contributed by atoms with Gasteiger partial charge in [0, 0.05) is 30.7 Å². The Bertz CT molecular complexity index is 892. The first kappa shape index (κ1) is 19.7. The molecular formula is C23H26FN3O. The van der Waals surface area contributed by atoms with E-state index >= 15 is 0 Å². The number of nitrogens with zero attached hydrogens (tertiary/aromatic N) is 2. The standard InChI is InChI=1S/C23H26FN3O/c1-2-3-14-27(23(28)25-21-12-7-11-20(24)16-21)18-22-13-8-15-26(22)17-19-9-5-4-6-10-19/h4-13,15-16H,2-3,14,17-18H2,1H3,(H,25,28). The van der Waals surface area contributed by atoms with Crippen LogP contribution in [0.15, 0.2) is 72.9 Å². The zero-order valence-electron chi connectivity index (χ0n) is 16.1. The predicted octanol–water partition coefficient (Wildman–Crippen LogP) is 5.51. The zero-order valence-corrected chi connectivity index (χ0v) is 16.1. The van der Waals surface area contributed by atoms with Gasteiger partial charge in [-0.3, -0.25) is 0 Å². The minimum Gasteiger partial charge on any atom is -0.345 e. The van der Waals surface area contributed by atoms with Gasteiger partial charge in [-0.05, 0) is 42.3 Å². The van der Waals surface area contributed by atoms with Crippen molar-refractivity contribution < 1.29 is 9.18 Å². The normalized spacial score (nSPS) is 10.6. The molecule has 2 amide bonds. The van der Waals surface area contributed by atoms with Crippen LogP contribution in [0.5, 0.6) is 0 Å². The van der Waals surface area contributed by atoms with Crippen LogP contribution in [0.2, 0.25) is 0 Å². The fourth-order valence-corrected chi connectivity index (χ4v) is 3.09. The number of urea groups is 1. The van der Waals surface area contributed by atoms with Crippen LogP contribution >= 0.6 is 0 Å². The molecule has 0 fully saturated rings. The number of carbonyl (C=O) groups is 1. The number of unbranched alkanes of at least 4 members (excludes halogenated alkanes) is 1. The third-order valence-electron chi connectivity index (χ3n) is 4.62. The Labute approximate surface area is 165 Å². The summed E-state index contributed by atoms with van der Waals surface area (Å²) in [6.45, 7) is 4.01. The van der Waals surface area contributed by atoms with Gasteiger partial charge >= 0.3 is 6.03 Å². The van der Waals surface area contributed by atoms with Gasteiger partial charge in [0.2, 0.25) is 0 Å². The Hall–Kier alpha value is -3.08. The lowest BCUT2D eigenvalue weighted by Gasteiger charge is -2.24. The third-order valence-corrected chi connectivity index (χ3v) is 4.62. The summed E-state index contributed by atoms with van der Waals surface area (Å²) in [4.78, 5) is 14.6. The summed E-state index contributed by atoms with van der Waals surface area (Å²) in [6.07, 6.45) is 3.94. The van der Waals surface area contributed by atoms with Crippen LogP contribution in [-0.4, -0.2) is 22.0 Å². The van der Waals surface area contributed by atoms with Crippen molar-refractivity contribution in [2.24, 2.45) is 0 Å². The number of amides is 2. The van der Waals surface area contributed by atoms with Gasteiger partial charge in [0.25, 0.3) is 0 Å². The van der Waals surface area contributed by atoms with Crippen molar-refractivity contribution in [1.82, 2.24) is 9.47 Å². The minimum absolute atomic E-state index is 0.216. The van der Waals surface area contributed by atoms with Gasteiger partial charge in [0.1, 0.15) is 5.82 Å². The van der Waals surface area contributed by atoms with E-state index in [4.69, 9.17) is 0 Å². The smallest absolute Gasteiger partial charge is 0.322 e. The van der Waals surface area contributed by atoms with Crippen LogP contribution in [0.25, 0.3) is 0 Å². The summed E-state index contributed by atoms with van der Waals surface area (Å²) in [5.74, 6) is -0.366. The van der Waals surface area contributed by atoms with Crippen molar-refractivity contribution in [1.29, 1.82) is 0 Å². The lowest BCUT2D eigenvalue weighted by molar-refractivity contribution is 0.207. The summed E-state index contributed by atoms with van der Waals surface area (Å²) in [5, 5.41) is 2.81. The molecule has 146 valence electrons. The molecule has 28 heavy (non-hydrogen) atoms. The van der Waals surface area contributed by atoms with Gasteiger partial charge in [-0.1, -0.05) is 49.7 Å². The summed E-state index contributed by atoms with van der Waals surface area (Å²) >= 11 is 0. The fourth-order valence-electron chi connectivity index (χ4n) is 3.09. The molecule has 0 saturated heterocycles. The van der Waals surface area contributed by atoms with Crippen LogP contribution in [0.1, 0.15) is 31.0 Å². The number of rotatable bonds is 8. The number of nitrogens with one attached hydrogen (secondary N) is 1. The van der Waals surface area contributed by atoms with Gasteiger partial charge in [-0.25, -0.2) is 9.18 Å². The highest BCUT2D eigenvalue weighted by atomic mass is 19.1. The first-order valence-corrected chi connectivity index (χ1v) is 9.65. The number of benzene rings is 2. The van der Waals surface area contributed by atoms with Crippen LogP contribution in [0.4, 0.5) is 14.9 Å². The van der Waals surface area contributed by atoms with Crippen molar-refractivity contribution >= 4 is 11.7 Å². The summed E-state index contributed by atoms with van der Waals surface area (Å²) in [5.41, 5.74) is 2.74. The number of carbonyl (C=O) groups excluding carboxylic acids is 1. The highest BCUT2D eigenvalue weighted by Gasteiger charge is 2.16. The van der Waals surface area contributed by atoms with E-state index in [1.807, 2.05) is 36.5 Å². The molecule has 3 rings (SSSR count). The van der Waals surface area contributed by atoms with Gasteiger partial charge in [0.15, 0.2) is 0 Å². The number of hydrogen-bond acceptors (Lipinski definition) is 1. The SMILES string of the molecule is CCCCN(Cc1cccn1Cc1ccccc1)C(=O)Nc1cccc(F)c1. The summed E-state index contributed by atoms with van der Waals surface area (Å²) in [6, 6.07) is 20.0. The van der Waals surface area contributed by atoms with E-state index < -0.39 is 0 Å². The molecule has 0 saturated carbocycles. The van der Waals surface area contributed by atoms with Crippen LogP contribution in [0, 0.1) is 5.82 Å². The van der Waals surface area contributed by atoms with E-state index in [-0.39, 0.29) is 11.8 Å². The molecule has 1 heterocycles. The molecular weight excluding hydrogens is 353 g/mol. The average molecular weight is 379 g/mol. The zero-order chi connectivity index (χ0) is 19.8. The van der Waals surface area contributed by atoms with E-state index in [9.17, 15) is 9.18 Å². The molecule has 4 nitrogen and oxygen atoms in total. The number of hydrogen-bond donors (Lipinski definition) is 1. The summed E-state index contributed by atoms with van der Waals surface area (Å²) in [7, 11) is 0. The molecule has 0 aliphatic heterocycles. The molecule has 5 heteroatoms. The Morgan fingerprint density at radius 2 is 1.89 bits per heavy atom. The highest BCUT2D eigenvalue weighted by molar-refractivity contribution is 5.89. The van der Waals surface area contributed by atoms with Gasteiger partial charge in [-0.2, -0.15) is 0 Å². The van der Waals surface area contributed by atoms with E-state index in [1.54, 1.807) is 17.0 Å². The van der Waals surface area contributed by atoms with Crippen molar-refractivity contribution in [3.8, 4) is 0 Å². The van der Waals surface area contributed by atoms with Crippen LogP contribution < -0.4 is 5.32 Å². The summed E-state index contributed by atoms with van der Waals surface area (Å²) < 4.78 is 15.6. The van der Waals surface area contributed by atoms with E-state index in [0.717, 1.165) is 25.1 Å². The first-order valence-electron chi connectivity index (χ1n) is 9.65. The number of aromatic nitrogens is 1. The topological polar surface area (TPSA) is 37.3 Å². The minimum atomic E-state index is -0.366. The molecule has 0 atom stereocenters. The Kier molecular flexibility index (Phi) is 6.84. The molecule has 0 bridgehead atoms. The second-order valence-electron chi connectivity index (χ2n) is 6.83. The second kappa shape index (κ2) is 9.74. The Morgan fingerprint density at radius 3 is 2.64 bits per heavy atom. The second-order valence-corrected chi connectivity index (χ2v) is 6.83. The molecule has 0 aliphatic rings. The molecule has 0 unspecified atom stereocenters. The van der Waals surface area contributed by atoms with Crippen molar-refractivity contribution in [3.05, 3.63) is 90.0 Å². The fraction of sp³-hybridized carbons (Fsp3) is 0.261. The van der Waals surface area contributed by atoms with Gasteiger partial charge < -0.3 is 14.8 Å². The molecule has 1 aromatic heterocycles. The van der Waals surface area contributed by atoms with E-state index in [0.29, 0.717) is 18.8 Å². The lowest BCUT2D eigenvalue weighted by Crippen LogP contribution is -2.36. The molecule has 0 aliphatic carbocycles. The van der Waals surface area contributed by atoms with Crippen molar-refractivity contribution in [2.75, 3.05) is 11.9 Å². The maximum absolute atomic E-state index is 13.4. The third kappa shape index (κ3) is 5.46. The van der Waals surface area contributed by atoms with Crippen molar-refractivity contribution in [2.45, 2.75) is 32.9 Å². The Balaban J connectivity index is 1.72. The molecule has 2 aromatic carbocycles. The number of halogens is 1. The predicted molar refractivity (Wildman–Crippen MR) is 111 cm³/mol. The van der Waals surface area contributed by atoms with Crippen LogP contribution in [0.3, 0.4) is 0 Å². The molecule has 0 spiro atoms. The van der Waals surface area contributed by atoms with E-state index in [1.165, 1.54) is 17.7 Å². The average Bonchev–Trinajstić information content (AvgIpc) is 3.12.